The smallest absolute Gasteiger partial charge is 0.0368 e. The van der Waals surface area contributed by atoms with E-state index in [0.717, 1.165) is 0 Å². The van der Waals surface area contributed by atoms with Crippen molar-refractivity contribution in [3.05, 3.63) is 0 Å². The fraction of sp³-hybridized carbons (Fsp3) is 0.857. The molecule has 0 N–H and O–H groups in total. The zero-order valence-corrected chi connectivity index (χ0v) is 11.1. The van der Waals surface area contributed by atoms with Crippen molar-refractivity contribution in [2.75, 3.05) is 7.05 Å². The molecule has 0 bridgehead atoms. The summed E-state index contributed by atoms with van der Waals surface area (Å²) in [6, 6.07) is 3.30. The molecule has 0 saturated heterocycles. The number of hydrogen-bond donors (Lipinski definition) is 0. The first-order valence-corrected chi connectivity index (χ1v) is 6.09. The van der Waals surface area contributed by atoms with Crippen LogP contribution >= 0.6 is 0 Å². The van der Waals surface area contributed by atoms with Crippen LogP contribution in [0.3, 0.4) is 0 Å². The number of rotatable bonds is 6. The van der Waals surface area contributed by atoms with E-state index in [-0.39, 0.29) is 0 Å². The van der Waals surface area contributed by atoms with Gasteiger partial charge in [-0.25, -0.2) is 0 Å². The Bertz CT molecular complexity index is 194. The first-order valence-electron chi connectivity index (χ1n) is 6.09. The predicted molar refractivity (Wildman–Crippen MR) is 68.6 cm³/mol. The van der Waals surface area contributed by atoms with E-state index in [2.05, 4.69) is 33.7 Å². The maximum Gasteiger partial charge on any atom is 0.0368 e. The van der Waals surface area contributed by atoms with Gasteiger partial charge in [-0.1, -0.05) is 47.0 Å². The van der Waals surface area contributed by atoms with E-state index in [1.165, 1.54) is 32.1 Å². The van der Waals surface area contributed by atoms with E-state index < -0.39 is 0 Å². The Morgan fingerprint density at radius 3 is 2.27 bits per heavy atom. The van der Waals surface area contributed by atoms with Crippen molar-refractivity contribution in [2.24, 2.45) is 5.41 Å². The van der Waals surface area contributed by atoms with Gasteiger partial charge in [0, 0.05) is 19.1 Å². The third-order valence-corrected chi connectivity index (χ3v) is 2.84. The van der Waals surface area contributed by atoms with Crippen LogP contribution in [0.1, 0.15) is 59.8 Å². The lowest BCUT2D eigenvalue weighted by Gasteiger charge is -2.26. The van der Waals surface area contributed by atoms with Gasteiger partial charge in [0.2, 0.25) is 0 Å². The summed E-state index contributed by atoms with van der Waals surface area (Å²) >= 11 is 0. The minimum Gasteiger partial charge on any atom is -0.333 e. The summed E-state index contributed by atoms with van der Waals surface area (Å²) in [5, 5.41) is 0. The second-order valence-corrected chi connectivity index (χ2v) is 5.64. The second-order valence-electron chi connectivity index (χ2n) is 5.64. The van der Waals surface area contributed by atoms with Gasteiger partial charge in [0.05, 0.1) is 0 Å². The molecular weight excluding hydrogens is 182 g/mol. The molecule has 1 nitrogen and oxygen atoms in total. The van der Waals surface area contributed by atoms with Crippen LogP contribution in [-0.2, 0) is 0 Å². The molecule has 88 valence electrons. The highest BCUT2D eigenvalue weighted by Crippen LogP contribution is 2.23. The lowest BCUT2D eigenvalue weighted by atomic mass is 9.88. The third kappa shape index (κ3) is 7.31. The Balaban J connectivity index is 3.92. The summed E-state index contributed by atoms with van der Waals surface area (Å²) in [4.78, 5) is 2.03. The summed E-state index contributed by atoms with van der Waals surface area (Å²) in [7, 11) is 2.03. The molecule has 0 radical (unpaired) electrons. The largest absolute Gasteiger partial charge is 0.333 e. The van der Waals surface area contributed by atoms with Crippen LogP contribution in [-0.4, -0.2) is 18.0 Å². The van der Waals surface area contributed by atoms with Gasteiger partial charge in [0.1, 0.15) is 0 Å². The Morgan fingerprint density at radius 2 is 1.87 bits per heavy atom. The molecule has 0 aromatic carbocycles. The van der Waals surface area contributed by atoms with Crippen molar-refractivity contribution in [1.82, 2.24) is 4.90 Å². The van der Waals surface area contributed by atoms with E-state index in [1.807, 2.05) is 11.9 Å². The molecule has 0 heterocycles. The fourth-order valence-electron chi connectivity index (χ4n) is 1.84. The summed E-state index contributed by atoms with van der Waals surface area (Å²) in [5.74, 6) is 0. The van der Waals surface area contributed by atoms with E-state index in [4.69, 9.17) is 6.42 Å². The van der Waals surface area contributed by atoms with Crippen LogP contribution in [0.4, 0.5) is 0 Å². The van der Waals surface area contributed by atoms with Crippen LogP contribution < -0.4 is 0 Å². The fourth-order valence-corrected chi connectivity index (χ4v) is 1.84. The average molecular weight is 209 g/mol. The molecule has 1 atom stereocenters. The molecular formula is C14H27N. The van der Waals surface area contributed by atoms with E-state index in [0.29, 0.717) is 11.5 Å². The molecule has 0 saturated carbocycles. The standard InChI is InChI=1S/C14H27N/c1-7-10-13(15(6)8-2)11-9-12-14(3,4)5/h2,13H,7,9-12H2,1,3-6H3. The zero-order valence-electron chi connectivity index (χ0n) is 11.1. The van der Waals surface area contributed by atoms with Crippen molar-refractivity contribution in [1.29, 1.82) is 0 Å². The molecule has 0 fully saturated rings. The Kier molecular flexibility index (Phi) is 6.48. The molecule has 0 aromatic heterocycles. The lowest BCUT2D eigenvalue weighted by molar-refractivity contribution is 0.277. The highest BCUT2D eigenvalue weighted by molar-refractivity contribution is 4.87. The SMILES string of the molecule is C#CN(C)C(CCC)CCCC(C)(C)C. The number of terminal acetylenes is 1. The summed E-state index contributed by atoms with van der Waals surface area (Å²) < 4.78 is 0. The Morgan fingerprint density at radius 1 is 1.27 bits per heavy atom. The first-order chi connectivity index (χ1) is 6.90. The molecule has 0 aliphatic carbocycles. The van der Waals surface area contributed by atoms with Crippen molar-refractivity contribution in [2.45, 2.75) is 65.8 Å². The topological polar surface area (TPSA) is 3.24 Å². The van der Waals surface area contributed by atoms with Gasteiger partial charge in [-0.2, -0.15) is 0 Å². The van der Waals surface area contributed by atoms with Gasteiger partial charge in [-0.3, -0.25) is 0 Å². The van der Waals surface area contributed by atoms with Crippen LogP contribution in [0, 0.1) is 17.9 Å². The number of nitrogens with zero attached hydrogens (tertiary/aromatic N) is 1. The zero-order chi connectivity index (χ0) is 11.9. The third-order valence-electron chi connectivity index (χ3n) is 2.84. The molecule has 1 heteroatoms. The van der Waals surface area contributed by atoms with E-state index in [9.17, 15) is 0 Å². The molecule has 1 unspecified atom stereocenters. The molecule has 0 aliphatic rings. The van der Waals surface area contributed by atoms with Crippen LogP contribution in [0.2, 0.25) is 0 Å². The normalized spacial score (nSPS) is 13.3. The highest BCUT2D eigenvalue weighted by atomic mass is 15.1. The molecule has 0 aliphatic heterocycles. The number of hydrogen-bond acceptors (Lipinski definition) is 1. The van der Waals surface area contributed by atoms with Gasteiger partial charge < -0.3 is 4.90 Å². The quantitative estimate of drug-likeness (QED) is 0.474. The van der Waals surface area contributed by atoms with Crippen LogP contribution in [0.5, 0.6) is 0 Å². The molecule has 0 rings (SSSR count). The maximum absolute atomic E-state index is 5.44. The van der Waals surface area contributed by atoms with Gasteiger partial charge >= 0.3 is 0 Å². The van der Waals surface area contributed by atoms with E-state index >= 15 is 0 Å². The lowest BCUT2D eigenvalue weighted by Crippen LogP contribution is -2.27. The second kappa shape index (κ2) is 6.77. The van der Waals surface area contributed by atoms with Gasteiger partial charge in [-0.15, -0.1) is 0 Å². The first kappa shape index (κ1) is 14.4. The Labute approximate surface area is 96.2 Å². The molecule has 15 heavy (non-hydrogen) atoms. The maximum atomic E-state index is 5.44. The van der Waals surface area contributed by atoms with Crippen LogP contribution in [0.25, 0.3) is 0 Å². The molecule has 0 spiro atoms. The van der Waals surface area contributed by atoms with Crippen LogP contribution in [0.15, 0.2) is 0 Å². The monoisotopic (exact) mass is 209 g/mol. The van der Waals surface area contributed by atoms with Crippen molar-refractivity contribution in [3.8, 4) is 12.5 Å². The summed E-state index contributed by atoms with van der Waals surface area (Å²) in [6.07, 6.45) is 11.7. The highest BCUT2D eigenvalue weighted by Gasteiger charge is 2.14. The van der Waals surface area contributed by atoms with Gasteiger partial charge in [-0.05, 0) is 24.7 Å². The van der Waals surface area contributed by atoms with Crippen molar-refractivity contribution in [3.63, 3.8) is 0 Å². The summed E-state index contributed by atoms with van der Waals surface area (Å²) in [5.41, 5.74) is 0.450. The minimum absolute atomic E-state index is 0.450. The molecule has 0 aromatic rings. The molecule has 0 amide bonds. The van der Waals surface area contributed by atoms with Crippen molar-refractivity contribution < 1.29 is 0 Å². The predicted octanol–water partition coefficient (Wildman–Crippen LogP) is 3.89. The Hall–Kier alpha value is -0.640. The van der Waals surface area contributed by atoms with Gasteiger partial charge in [0.25, 0.3) is 0 Å². The minimum atomic E-state index is 0.450. The van der Waals surface area contributed by atoms with Gasteiger partial charge in [0.15, 0.2) is 0 Å². The summed E-state index contributed by atoms with van der Waals surface area (Å²) in [6.45, 7) is 9.12. The average Bonchev–Trinajstić information content (AvgIpc) is 2.13. The van der Waals surface area contributed by atoms with Crippen molar-refractivity contribution >= 4 is 0 Å². The van der Waals surface area contributed by atoms with E-state index in [1.54, 1.807) is 0 Å².